The number of benzene rings is 1. The molecule has 1 amide bonds. The second-order valence-electron chi connectivity index (χ2n) is 5.09. The number of hydrogen-bond donors (Lipinski definition) is 3. The van der Waals surface area contributed by atoms with Crippen LogP contribution in [0.2, 0.25) is 0 Å². The Morgan fingerprint density at radius 2 is 1.96 bits per heavy atom. The van der Waals surface area contributed by atoms with Gasteiger partial charge in [-0.1, -0.05) is 12.1 Å². The van der Waals surface area contributed by atoms with E-state index in [-0.39, 0.29) is 17.9 Å². The number of aryl methyl sites for hydroxylation is 1. The molecule has 3 N–H and O–H groups in total. The monoisotopic (exact) mass is 330 g/mol. The smallest absolute Gasteiger partial charge is 0.337 e. The van der Waals surface area contributed by atoms with Gasteiger partial charge in [0.2, 0.25) is 5.91 Å². The van der Waals surface area contributed by atoms with Crippen molar-refractivity contribution >= 4 is 18.1 Å². The summed E-state index contributed by atoms with van der Waals surface area (Å²) >= 11 is 0. The van der Waals surface area contributed by atoms with Crippen LogP contribution in [0.5, 0.6) is 0 Å². The van der Waals surface area contributed by atoms with Gasteiger partial charge < -0.3 is 9.84 Å². The van der Waals surface area contributed by atoms with Gasteiger partial charge >= 0.3 is 5.97 Å². The van der Waals surface area contributed by atoms with E-state index in [0.717, 1.165) is 11.3 Å². The van der Waals surface area contributed by atoms with E-state index in [2.05, 4.69) is 25.5 Å². The number of carbonyl (C=O) groups is 2. The Kier molecular flexibility index (Phi) is 5.67. The first-order chi connectivity index (χ1) is 11.5. The third-order valence-electron chi connectivity index (χ3n) is 3.43. The van der Waals surface area contributed by atoms with E-state index in [1.54, 1.807) is 31.2 Å². The van der Waals surface area contributed by atoms with Crippen LogP contribution in [0.4, 0.5) is 0 Å². The summed E-state index contributed by atoms with van der Waals surface area (Å²) in [5.41, 5.74) is 4.63. The zero-order chi connectivity index (χ0) is 17.5. The minimum atomic E-state index is -0.415. The quantitative estimate of drug-likeness (QED) is 0.414. The molecule has 0 saturated carbocycles. The molecule has 1 aromatic carbocycles. The number of esters is 1. The minimum absolute atomic E-state index is 0.153. The van der Waals surface area contributed by atoms with Crippen molar-refractivity contribution in [3.63, 3.8) is 0 Å². The number of carbonyl (C=O) groups excluding carboxylic acids is 2. The molecule has 8 nitrogen and oxygen atoms in total. The Labute approximate surface area is 137 Å². The van der Waals surface area contributed by atoms with Gasteiger partial charge in [-0.05, 0) is 31.0 Å². The maximum atomic E-state index is 11.7. The summed E-state index contributed by atoms with van der Waals surface area (Å²) in [5.74, 6) is -0.709. The molecule has 1 aromatic heterocycles. The van der Waals surface area contributed by atoms with Crippen LogP contribution in [-0.2, 0) is 16.0 Å². The van der Waals surface area contributed by atoms with Crippen LogP contribution in [0.15, 0.2) is 34.2 Å². The molecule has 24 heavy (non-hydrogen) atoms. The Morgan fingerprint density at radius 3 is 2.54 bits per heavy atom. The summed E-state index contributed by atoms with van der Waals surface area (Å²) in [4.78, 5) is 34.5. The first-order valence-corrected chi connectivity index (χ1v) is 7.27. The minimum Gasteiger partial charge on any atom is -0.465 e. The molecule has 0 aliphatic carbocycles. The summed E-state index contributed by atoms with van der Waals surface area (Å²) in [5, 5.41) is 9.02. The number of nitrogens with one attached hydrogen (secondary N) is 3. The molecule has 0 aliphatic rings. The zero-order valence-corrected chi connectivity index (χ0v) is 13.4. The van der Waals surface area contributed by atoms with Crippen molar-refractivity contribution in [3.05, 3.63) is 57.0 Å². The molecule has 0 atom stereocenters. The van der Waals surface area contributed by atoms with Gasteiger partial charge in [-0.3, -0.25) is 14.7 Å². The lowest BCUT2D eigenvalue weighted by molar-refractivity contribution is -0.121. The van der Waals surface area contributed by atoms with Gasteiger partial charge in [0.25, 0.3) is 5.56 Å². The third kappa shape index (κ3) is 4.42. The number of H-pyrrole nitrogens is 2. The van der Waals surface area contributed by atoms with Crippen molar-refractivity contribution in [1.82, 2.24) is 15.6 Å². The van der Waals surface area contributed by atoms with Crippen molar-refractivity contribution in [3.8, 4) is 0 Å². The molecular weight excluding hydrogens is 312 g/mol. The van der Waals surface area contributed by atoms with Crippen molar-refractivity contribution < 1.29 is 14.3 Å². The summed E-state index contributed by atoms with van der Waals surface area (Å²) in [6.07, 6.45) is 1.95. The van der Waals surface area contributed by atoms with Crippen molar-refractivity contribution in [2.45, 2.75) is 19.8 Å². The van der Waals surface area contributed by atoms with Crippen LogP contribution in [0.1, 0.15) is 33.6 Å². The average Bonchev–Trinajstić information content (AvgIpc) is 2.91. The molecule has 126 valence electrons. The number of ether oxygens (including phenoxy) is 1. The lowest BCUT2D eigenvalue weighted by Gasteiger charge is -2.00. The third-order valence-corrected chi connectivity index (χ3v) is 3.43. The van der Waals surface area contributed by atoms with Gasteiger partial charge in [0.1, 0.15) is 0 Å². The molecule has 2 aromatic rings. The van der Waals surface area contributed by atoms with Crippen LogP contribution in [-0.4, -0.2) is 35.4 Å². The predicted octanol–water partition coefficient (Wildman–Crippen LogP) is 0.881. The zero-order valence-electron chi connectivity index (χ0n) is 13.4. The highest BCUT2D eigenvalue weighted by Gasteiger charge is 2.08. The molecule has 1 heterocycles. The molecule has 2 rings (SSSR count). The first kappa shape index (κ1) is 17.2. The number of aromatic nitrogens is 2. The summed E-state index contributed by atoms with van der Waals surface area (Å²) in [6.45, 7) is 1.77. The van der Waals surface area contributed by atoms with E-state index >= 15 is 0 Å². The number of hydrogen-bond acceptors (Lipinski definition) is 5. The molecule has 0 bridgehead atoms. The van der Waals surface area contributed by atoms with Gasteiger partial charge in [-0.15, -0.1) is 0 Å². The Morgan fingerprint density at radius 1 is 1.25 bits per heavy atom. The summed E-state index contributed by atoms with van der Waals surface area (Å²) in [7, 11) is 1.32. The largest absolute Gasteiger partial charge is 0.465 e. The molecule has 0 radical (unpaired) electrons. The molecule has 0 fully saturated rings. The van der Waals surface area contributed by atoms with Crippen LogP contribution in [0, 0.1) is 6.92 Å². The van der Waals surface area contributed by atoms with E-state index in [1.165, 1.54) is 13.3 Å². The molecule has 8 heteroatoms. The van der Waals surface area contributed by atoms with E-state index in [0.29, 0.717) is 17.5 Å². The molecule has 0 spiro atoms. The second kappa shape index (κ2) is 7.91. The summed E-state index contributed by atoms with van der Waals surface area (Å²) in [6, 6.07) is 6.58. The highest BCUT2D eigenvalue weighted by molar-refractivity contribution is 5.90. The molecule has 0 unspecified atom stereocenters. The average molecular weight is 330 g/mol. The lowest BCUT2D eigenvalue weighted by Crippen LogP contribution is -2.19. The number of hydrazone groups is 1. The standard InChI is InChI=1S/C16H18N4O4/c1-10-13(15(22)20-18-10)7-8-14(21)19-17-9-11-3-5-12(6-4-11)16(23)24-2/h3-6,9H,7-8H2,1-2H3,(H,19,21)(H2,18,20,22)/b17-9-. The number of nitrogens with zero attached hydrogens (tertiary/aromatic N) is 1. The van der Waals surface area contributed by atoms with Gasteiger partial charge in [-0.25, -0.2) is 10.2 Å². The highest BCUT2D eigenvalue weighted by atomic mass is 16.5. The molecule has 0 aliphatic heterocycles. The van der Waals surface area contributed by atoms with Gasteiger partial charge in [0.15, 0.2) is 0 Å². The van der Waals surface area contributed by atoms with Crippen LogP contribution in [0.25, 0.3) is 0 Å². The predicted molar refractivity (Wildman–Crippen MR) is 88.0 cm³/mol. The number of aromatic amines is 2. The number of amides is 1. The molecule has 0 saturated heterocycles. The maximum Gasteiger partial charge on any atom is 0.337 e. The maximum absolute atomic E-state index is 11.7. The Balaban J connectivity index is 1.84. The molecular formula is C16H18N4O4. The number of methoxy groups -OCH3 is 1. The van der Waals surface area contributed by atoms with Gasteiger partial charge in [0, 0.05) is 17.7 Å². The lowest BCUT2D eigenvalue weighted by atomic mass is 10.1. The first-order valence-electron chi connectivity index (χ1n) is 7.27. The van der Waals surface area contributed by atoms with Gasteiger partial charge in [0.05, 0.1) is 18.9 Å². The van der Waals surface area contributed by atoms with E-state index in [4.69, 9.17) is 0 Å². The topological polar surface area (TPSA) is 116 Å². The number of rotatable bonds is 6. The SMILES string of the molecule is COC(=O)c1ccc(/C=N\NC(=O)CCc2c(C)[nH][nH]c2=O)cc1. The Bertz CT molecular complexity index is 802. The van der Waals surface area contributed by atoms with Crippen molar-refractivity contribution in [2.75, 3.05) is 7.11 Å². The van der Waals surface area contributed by atoms with E-state index in [9.17, 15) is 14.4 Å². The van der Waals surface area contributed by atoms with Crippen LogP contribution >= 0.6 is 0 Å². The van der Waals surface area contributed by atoms with Crippen LogP contribution in [0.3, 0.4) is 0 Å². The highest BCUT2D eigenvalue weighted by Crippen LogP contribution is 2.04. The normalized spacial score (nSPS) is 10.8. The van der Waals surface area contributed by atoms with E-state index in [1.807, 2.05) is 0 Å². The fourth-order valence-corrected chi connectivity index (χ4v) is 2.07. The van der Waals surface area contributed by atoms with E-state index < -0.39 is 5.97 Å². The second-order valence-corrected chi connectivity index (χ2v) is 5.09. The Hall–Kier alpha value is -3.16. The van der Waals surface area contributed by atoms with Gasteiger partial charge in [-0.2, -0.15) is 5.10 Å². The fourth-order valence-electron chi connectivity index (χ4n) is 2.07. The summed E-state index contributed by atoms with van der Waals surface area (Å²) < 4.78 is 4.61. The van der Waals surface area contributed by atoms with Crippen LogP contribution < -0.4 is 11.0 Å². The van der Waals surface area contributed by atoms with Crippen molar-refractivity contribution in [1.29, 1.82) is 0 Å². The fraction of sp³-hybridized carbons (Fsp3) is 0.250. The van der Waals surface area contributed by atoms with Crippen molar-refractivity contribution in [2.24, 2.45) is 5.10 Å².